The van der Waals surface area contributed by atoms with Crippen LogP contribution in [0.25, 0.3) is 0 Å². The zero-order valence-electron chi connectivity index (χ0n) is 17.4. The predicted octanol–water partition coefficient (Wildman–Crippen LogP) is 1.01. The Balaban J connectivity index is 1.99. The predicted molar refractivity (Wildman–Crippen MR) is 110 cm³/mol. The zero-order chi connectivity index (χ0) is 21.6. The highest BCUT2D eigenvalue weighted by Gasteiger charge is 2.22. The molecule has 29 heavy (non-hydrogen) atoms. The monoisotopic (exact) mass is 406 g/mol. The number of anilines is 2. The molecule has 9 nitrogen and oxygen atoms in total. The fourth-order valence-corrected chi connectivity index (χ4v) is 3.16. The van der Waals surface area contributed by atoms with E-state index in [-0.39, 0.29) is 29.3 Å². The maximum Gasteiger partial charge on any atom is 0.337 e. The van der Waals surface area contributed by atoms with Crippen molar-refractivity contribution in [3.8, 4) is 0 Å². The van der Waals surface area contributed by atoms with E-state index in [2.05, 4.69) is 20.4 Å². The van der Waals surface area contributed by atoms with Gasteiger partial charge in [0.2, 0.25) is 11.8 Å². The van der Waals surface area contributed by atoms with E-state index in [1.807, 2.05) is 20.8 Å². The van der Waals surface area contributed by atoms with Crippen molar-refractivity contribution in [1.82, 2.24) is 10.2 Å². The van der Waals surface area contributed by atoms with Crippen molar-refractivity contribution in [3.05, 3.63) is 23.8 Å². The van der Waals surface area contributed by atoms with E-state index < -0.39 is 11.9 Å². The van der Waals surface area contributed by atoms with Gasteiger partial charge in [-0.2, -0.15) is 0 Å². The smallest absolute Gasteiger partial charge is 0.337 e. The van der Waals surface area contributed by atoms with Crippen LogP contribution in [0.1, 0.15) is 31.1 Å². The second-order valence-corrected chi connectivity index (χ2v) is 8.08. The summed E-state index contributed by atoms with van der Waals surface area (Å²) in [6, 6.07) is 4.94. The highest BCUT2D eigenvalue weighted by Crippen LogP contribution is 2.24. The molecule has 0 bridgehead atoms. The van der Waals surface area contributed by atoms with E-state index >= 15 is 0 Å². The fourth-order valence-electron chi connectivity index (χ4n) is 3.16. The lowest BCUT2D eigenvalue weighted by atomic mass is 10.1. The third kappa shape index (κ3) is 7.03. The van der Waals surface area contributed by atoms with Gasteiger partial charge in [-0.05, 0) is 39.0 Å². The molecular formula is C20H30N4O5. The lowest BCUT2D eigenvalue weighted by Gasteiger charge is -2.36. The Morgan fingerprint density at radius 2 is 1.76 bits per heavy atom. The number of carbonyl (C=O) groups is 3. The molecule has 1 saturated heterocycles. The topological polar surface area (TPSA) is 111 Å². The molecule has 1 aliphatic rings. The second kappa shape index (κ2) is 9.71. The van der Waals surface area contributed by atoms with E-state index in [4.69, 9.17) is 4.74 Å². The standard InChI is InChI=1S/C20H30N4O5/c1-20(2,3)22-17(25)12-23-7-9-24(10-8-23)14-5-6-16(15(11-14)19(27)28)21-18(26)13-29-4/h5-6,11H,7-10,12-13H2,1-4H3,(H,21,26)(H,22,25)(H,27,28). The number of carboxylic acids is 1. The molecule has 0 unspecified atom stereocenters. The number of hydrogen-bond donors (Lipinski definition) is 3. The minimum Gasteiger partial charge on any atom is -0.478 e. The fraction of sp³-hybridized carbons (Fsp3) is 0.550. The van der Waals surface area contributed by atoms with E-state index in [1.54, 1.807) is 18.2 Å². The second-order valence-electron chi connectivity index (χ2n) is 8.08. The van der Waals surface area contributed by atoms with Crippen LogP contribution in [0, 0.1) is 0 Å². The Morgan fingerprint density at radius 1 is 1.10 bits per heavy atom. The SMILES string of the molecule is COCC(=O)Nc1ccc(N2CCN(CC(=O)NC(C)(C)C)CC2)cc1C(=O)O. The van der Waals surface area contributed by atoms with E-state index in [1.165, 1.54) is 7.11 Å². The average molecular weight is 406 g/mol. The molecule has 0 aliphatic carbocycles. The first-order chi connectivity index (χ1) is 13.6. The summed E-state index contributed by atoms with van der Waals surface area (Å²) in [5.41, 5.74) is 0.776. The van der Waals surface area contributed by atoms with Gasteiger partial charge < -0.3 is 25.4 Å². The van der Waals surface area contributed by atoms with Gasteiger partial charge in [-0.25, -0.2) is 4.79 Å². The molecule has 0 saturated carbocycles. The minimum atomic E-state index is -1.11. The molecule has 9 heteroatoms. The molecular weight excluding hydrogens is 376 g/mol. The Kier molecular flexibility index (Phi) is 7.58. The van der Waals surface area contributed by atoms with Crippen LogP contribution in [0.4, 0.5) is 11.4 Å². The Labute approximate surface area is 171 Å². The van der Waals surface area contributed by atoms with Crippen LogP contribution in [-0.4, -0.2) is 79.8 Å². The molecule has 1 heterocycles. The van der Waals surface area contributed by atoms with E-state index in [0.717, 1.165) is 5.69 Å². The third-order valence-corrected chi connectivity index (χ3v) is 4.40. The van der Waals surface area contributed by atoms with Crippen LogP contribution in [0.2, 0.25) is 0 Å². The number of nitrogens with one attached hydrogen (secondary N) is 2. The van der Waals surface area contributed by atoms with E-state index in [9.17, 15) is 19.5 Å². The van der Waals surface area contributed by atoms with Gasteiger partial charge in [-0.3, -0.25) is 14.5 Å². The summed E-state index contributed by atoms with van der Waals surface area (Å²) in [6.07, 6.45) is 0. The maximum atomic E-state index is 12.1. The number of benzene rings is 1. The van der Waals surface area contributed by atoms with Gasteiger partial charge in [0.1, 0.15) is 6.61 Å². The number of ether oxygens (including phenoxy) is 1. The van der Waals surface area contributed by atoms with Crippen LogP contribution in [0.3, 0.4) is 0 Å². The van der Waals surface area contributed by atoms with Gasteiger partial charge >= 0.3 is 5.97 Å². The lowest BCUT2D eigenvalue weighted by Crippen LogP contribution is -2.51. The van der Waals surface area contributed by atoms with E-state index in [0.29, 0.717) is 32.7 Å². The number of carbonyl (C=O) groups excluding carboxylic acids is 2. The number of methoxy groups -OCH3 is 1. The molecule has 0 aromatic heterocycles. The van der Waals surface area contributed by atoms with Gasteiger partial charge in [-0.1, -0.05) is 0 Å². The highest BCUT2D eigenvalue weighted by atomic mass is 16.5. The van der Waals surface area contributed by atoms with Crippen LogP contribution in [0.5, 0.6) is 0 Å². The molecule has 0 atom stereocenters. The van der Waals surface area contributed by atoms with Crippen molar-refractivity contribution in [1.29, 1.82) is 0 Å². The molecule has 0 radical (unpaired) electrons. The Hall–Kier alpha value is -2.65. The Morgan fingerprint density at radius 3 is 2.31 bits per heavy atom. The van der Waals surface area contributed by atoms with Crippen molar-refractivity contribution in [3.63, 3.8) is 0 Å². The minimum absolute atomic E-state index is 0.00438. The molecule has 1 aromatic carbocycles. The molecule has 0 spiro atoms. The molecule has 1 aliphatic heterocycles. The number of aromatic carboxylic acids is 1. The van der Waals surface area contributed by atoms with Gasteiger partial charge in [-0.15, -0.1) is 0 Å². The molecule has 2 amide bonds. The maximum absolute atomic E-state index is 12.1. The summed E-state index contributed by atoms with van der Waals surface area (Å²) in [4.78, 5) is 39.6. The third-order valence-electron chi connectivity index (χ3n) is 4.40. The molecule has 160 valence electrons. The summed E-state index contributed by atoms with van der Waals surface area (Å²) < 4.78 is 4.76. The summed E-state index contributed by atoms with van der Waals surface area (Å²) in [5.74, 6) is -1.53. The summed E-state index contributed by atoms with van der Waals surface area (Å²) in [7, 11) is 1.40. The van der Waals surface area contributed by atoms with Crippen molar-refractivity contribution in [2.45, 2.75) is 26.3 Å². The van der Waals surface area contributed by atoms with Crippen molar-refractivity contribution < 1.29 is 24.2 Å². The van der Waals surface area contributed by atoms with Crippen molar-refractivity contribution in [2.24, 2.45) is 0 Å². The molecule has 1 aromatic rings. The quantitative estimate of drug-likeness (QED) is 0.620. The number of rotatable bonds is 7. The molecule has 3 N–H and O–H groups in total. The summed E-state index contributed by atoms with van der Waals surface area (Å²) in [5, 5.41) is 15.0. The first-order valence-corrected chi connectivity index (χ1v) is 9.53. The van der Waals surface area contributed by atoms with Crippen molar-refractivity contribution in [2.75, 3.05) is 56.7 Å². The first kappa shape index (κ1) is 22.6. The number of carboxylic acid groups (broad SMARTS) is 1. The van der Waals surface area contributed by atoms with Crippen LogP contribution >= 0.6 is 0 Å². The van der Waals surface area contributed by atoms with Crippen molar-refractivity contribution >= 4 is 29.2 Å². The number of piperazine rings is 1. The number of amides is 2. The zero-order valence-corrected chi connectivity index (χ0v) is 17.4. The van der Waals surface area contributed by atoms with Crippen LogP contribution in [0.15, 0.2) is 18.2 Å². The number of hydrogen-bond acceptors (Lipinski definition) is 6. The van der Waals surface area contributed by atoms with Crippen LogP contribution < -0.4 is 15.5 Å². The normalized spacial score (nSPS) is 15.1. The molecule has 2 rings (SSSR count). The number of nitrogens with zero attached hydrogens (tertiary/aromatic N) is 2. The van der Waals surface area contributed by atoms with Gasteiger partial charge in [0.05, 0.1) is 17.8 Å². The van der Waals surface area contributed by atoms with Gasteiger partial charge in [0.25, 0.3) is 0 Å². The van der Waals surface area contributed by atoms with Gasteiger partial charge in [0, 0.05) is 44.5 Å². The largest absolute Gasteiger partial charge is 0.478 e. The highest BCUT2D eigenvalue weighted by molar-refractivity contribution is 6.01. The molecule has 1 fully saturated rings. The summed E-state index contributed by atoms with van der Waals surface area (Å²) >= 11 is 0. The van der Waals surface area contributed by atoms with Gasteiger partial charge in [0.15, 0.2) is 0 Å². The van der Waals surface area contributed by atoms with Crippen LogP contribution in [-0.2, 0) is 14.3 Å². The lowest BCUT2D eigenvalue weighted by molar-refractivity contribution is -0.123. The average Bonchev–Trinajstić information content (AvgIpc) is 2.61. The Bertz CT molecular complexity index is 752. The summed E-state index contributed by atoms with van der Waals surface area (Å²) in [6.45, 7) is 8.80. The first-order valence-electron chi connectivity index (χ1n) is 9.53.